The SMILES string of the molecule is CCCC(=O)Oc1ccc(-c2c(C)cc(OCCO)cc2C)cc1. The van der Waals surface area contributed by atoms with E-state index in [0.717, 1.165) is 34.4 Å². The van der Waals surface area contributed by atoms with Gasteiger partial charge in [0, 0.05) is 6.42 Å². The topological polar surface area (TPSA) is 55.8 Å². The van der Waals surface area contributed by atoms with Crippen molar-refractivity contribution in [1.82, 2.24) is 0 Å². The predicted molar refractivity (Wildman–Crippen MR) is 94.5 cm³/mol. The van der Waals surface area contributed by atoms with Crippen LogP contribution in [-0.2, 0) is 4.79 Å². The third-order valence-electron chi connectivity index (χ3n) is 3.70. The van der Waals surface area contributed by atoms with Crippen LogP contribution in [-0.4, -0.2) is 24.3 Å². The van der Waals surface area contributed by atoms with Crippen molar-refractivity contribution >= 4 is 5.97 Å². The normalized spacial score (nSPS) is 10.5. The molecular weight excluding hydrogens is 304 g/mol. The maximum Gasteiger partial charge on any atom is 0.311 e. The van der Waals surface area contributed by atoms with Crippen molar-refractivity contribution in [2.24, 2.45) is 0 Å². The number of aryl methyl sites for hydroxylation is 2. The largest absolute Gasteiger partial charge is 0.491 e. The fourth-order valence-electron chi connectivity index (χ4n) is 2.70. The Morgan fingerprint density at radius 2 is 1.67 bits per heavy atom. The van der Waals surface area contributed by atoms with Crippen molar-refractivity contribution in [2.75, 3.05) is 13.2 Å². The Morgan fingerprint density at radius 3 is 2.21 bits per heavy atom. The molecule has 2 aromatic rings. The number of carbonyl (C=O) groups excluding carboxylic acids is 1. The number of carbonyl (C=O) groups is 1. The van der Waals surface area contributed by atoms with Crippen LogP contribution in [0.5, 0.6) is 11.5 Å². The first-order valence-electron chi connectivity index (χ1n) is 8.21. The number of rotatable bonds is 7. The molecule has 0 spiro atoms. The van der Waals surface area contributed by atoms with Crippen LogP contribution in [0.15, 0.2) is 36.4 Å². The van der Waals surface area contributed by atoms with Gasteiger partial charge in [-0.25, -0.2) is 0 Å². The quantitative estimate of drug-likeness (QED) is 0.615. The number of benzene rings is 2. The summed E-state index contributed by atoms with van der Waals surface area (Å²) in [6, 6.07) is 11.5. The second-order valence-electron chi connectivity index (χ2n) is 5.75. The van der Waals surface area contributed by atoms with E-state index < -0.39 is 0 Å². The summed E-state index contributed by atoms with van der Waals surface area (Å²) < 4.78 is 10.8. The monoisotopic (exact) mass is 328 g/mol. The molecule has 2 aromatic carbocycles. The molecule has 1 N–H and O–H groups in total. The van der Waals surface area contributed by atoms with Crippen LogP contribution in [0.3, 0.4) is 0 Å². The van der Waals surface area contributed by atoms with E-state index in [1.165, 1.54) is 0 Å². The van der Waals surface area contributed by atoms with Crippen molar-refractivity contribution in [3.63, 3.8) is 0 Å². The molecule has 0 radical (unpaired) electrons. The lowest BCUT2D eigenvalue weighted by Crippen LogP contribution is -2.06. The number of hydrogen-bond acceptors (Lipinski definition) is 4. The van der Waals surface area contributed by atoms with Gasteiger partial charge in [-0.15, -0.1) is 0 Å². The standard InChI is InChI=1S/C20H24O4/c1-4-5-19(22)24-17-8-6-16(7-9-17)20-14(2)12-18(13-15(20)3)23-11-10-21/h6-9,12-13,21H,4-5,10-11H2,1-3H3. The first kappa shape index (κ1) is 18.0. The lowest BCUT2D eigenvalue weighted by Gasteiger charge is -2.14. The number of ether oxygens (including phenoxy) is 2. The van der Waals surface area contributed by atoms with Crippen molar-refractivity contribution in [3.05, 3.63) is 47.5 Å². The Hall–Kier alpha value is -2.33. The zero-order chi connectivity index (χ0) is 17.5. The van der Waals surface area contributed by atoms with Crippen LogP contribution in [0.4, 0.5) is 0 Å². The molecule has 0 heterocycles. The van der Waals surface area contributed by atoms with E-state index in [1.54, 1.807) is 0 Å². The number of hydrogen-bond donors (Lipinski definition) is 1. The Morgan fingerprint density at radius 1 is 1.04 bits per heavy atom. The molecule has 0 amide bonds. The van der Waals surface area contributed by atoms with Crippen LogP contribution in [0.1, 0.15) is 30.9 Å². The molecule has 128 valence electrons. The molecule has 0 fully saturated rings. The highest BCUT2D eigenvalue weighted by molar-refractivity contribution is 5.74. The lowest BCUT2D eigenvalue weighted by atomic mass is 9.95. The summed E-state index contributed by atoms with van der Waals surface area (Å²) in [5.74, 6) is 1.12. The van der Waals surface area contributed by atoms with Gasteiger partial charge in [0.2, 0.25) is 0 Å². The summed E-state index contributed by atoms with van der Waals surface area (Å²) in [7, 11) is 0. The van der Waals surface area contributed by atoms with Crippen LogP contribution in [0.25, 0.3) is 11.1 Å². The average Bonchev–Trinajstić information content (AvgIpc) is 2.54. The van der Waals surface area contributed by atoms with Crippen molar-refractivity contribution in [3.8, 4) is 22.6 Å². The van der Waals surface area contributed by atoms with Gasteiger partial charge in [0.05, 0.1) is 6.61 Å². The summed E-state index contributed by atoms with van der Waals surface area (Å²) in [5, 5.41) is 8.86. The van der Waals surface area contributed by atoms with Gasteiger partial charge in [-0.2, -0.15) is 0 Å². The molecular formula is C20H24O4. The maximum absolute atomic E-state index is 11.5. The van der Waals surface area contributed by atoms with Gasteiger partial charge in [0.15, 0.2) is 0 Å². The molecule has 0 aromatic heterocycles. The second kappa shape index (κ2) is 8.50. The van der Waals surface area contributed by atoms with E-state index in [4.69, 9.17) is 14.6 Å². The molecule has 24 heavy (non-hydrogen) atoms. The molecule has 0 atom stereocenters. The number of aliphatic hydroxyl groups is 1. The summed E-state index contributed by atoms with van der Waals surface area (Å²) >= 11 is 0. The number of aliphatic hydroxyl groups excluding tert-OH is 1. The Kier molecular flexibility index (Phi) is 6.38. The van der Waals surface area contributed by atoms with Gasteiger partial charge >= 0.3 is 5.97 Å². The van der Waals surface area contributed by atoms with Gasteiger partial charge in [0.25, 0.3) is 0 Å². The smallest absolute Gasteiger partial charge is 0.311 e. The number of esters is 1. The van der Waals surface area contributed by atoms with Crippen molar-refractivity contribution in [2.45, 2.75) is 33.6 Å². The van der Waals surface area contributed by atoms with Crippen LogP contribution in [0.2, 0.25) is 0 Å². The molecule has 0 aliphatic rings. The van der Waals surface area contributed by atoms with E-state index in [9.17, 15) is 4.79 Å². The van der Waals surface area contributed by atoms with Crippen molar-refractivity contribution in [1.29, 1.82) is 0 Å². The minimum atomic E-state index is -0.206. The first-order valence-corrected chi connectivity index (χ1v) is 8.21. The predicted octanol–water partition coefficient (Wildman–Crippen LogP) is 4.05. The zero-order valence-corrected chi connectivity index (χ0v) is 14.5. The van der Waals surface area contributed by atoms with E-state index >= 15 is 0 Å². The molecule has 0 saturated heterocycles. The molecule has 4 heteroatoms. The third-order valence-corrected chi connectivity index (χ3v) is 3.70. The highest BCUT2D eigenvalue weighted by atomic mass is 16.5. The van der Waals surface area contributed by atoms with Crippen molar-refractivity contribution < 1.29 is 19.4 Å². The summed E-state index contributed by atoms with van der Waals surface area (Å²) in [4.78, 5) is 11.5. The fraction of sp³-hybridized carbons (Fsp3) is 0.350. The maximum atomic E-state index is 11.5. The molecule has 0 aliphatic heterocycles. The van der Waals surface area contributed by atoms with Crippen LogP contribution < -0.4 is 9.47 Å². The third kappa shape index (κ3) is 4.59. The first-order chi connectivity index (χ1) is 11.5. The minimum Gasteiger partial charge on any atom is -0.491 e. The molecule has 0 bridgehead atoms. The van der Waals surface area contributed by atoms with Gasteiger partial charge < -0.3 is 14.6 Å². The molecule has 4 nitrogen and oxygen atoms in total. The van der Waals surface area contributed by atoms with Gasteiger partial charge in [-0.05, 0) is 66.8 Å². The van der Waals surface area contributed by atoms with Crippen LogP contribution in [0, 0.1) is 13.8 Å². The van der Waals surface area contributed by atoms with E-state index in [0.29, 0.717) is 12.2 Å². The molecule has 0 unspecified atom stereocenters. The van der Waals surface area contributed by atoms with Gasteiger partial charge in [-0.1, -0.05) is 19.1 Å². The lowest BCUT2D eigenvalue weighted by molar-refractivity contribution is -0.134. The Labute approximate surface area is 143 Å². The van der Waals surface area contributed by atoms with Gasteiger partial charge in [0.1, 0.15) is 18.1 Å². The van der Waals surface area contributed by atoms with Gasteiger partial charge in [-0.3, -0.25) is 4.79 Å². The zero-order valence-electron chi connectivity index (χ0n) is 14.5. The molecule has 2 rings (SSSR count). The minimum absolute atomic E-state index is 0.00192. The summed E-state index contributed by atoms with van der Waals surface area (Å²) in [5.41, 5.74) is 4.39. The average molecular weight is 328 g/mol. The second-order valence-corrected chi connectivity index (χ2v) is 5.75. The fourth-order valence-corrected chi connectivity index (χ4v) is 2.70. The highest BCUT2D eigenvalue weighted by Gasteiger charge is 2.10. The summed E-state index contributed by atoms with van der Waals surface area (Å²) in [6.07, 6.45) is 1.20. The highest BCUT2D eigenvalue weighted by Crippen LogP contribution is 2.32. The Bertz CT molecular complexity index is 666. The van der Waals surface area contributed by atoms with E-state index in [1.807, 2.05) is 57.2 Å². The van der Waals surface area contributed by atoms with E-state index in [2.05, 4.69) is 0 Å². The van der Waals surface area contributed by atoms with Crippen LogP contribution >= 0.6 is 0 Å². The molecule has 0 saturated carbocycles. The Balaban J connectivity index is 2.20. The van der Waals surface area contributed by atoms with E-state index in [-0.39, 0.29) is 19.2 Å². The summed E-state index contributed by atoms with van der Waals surface area (Å²) in [6.45, 7) is 6.30. The molecule has 0 aliphatic carbocycles.